The number of alkyl carbamates (subject to hydrolysis) is 1. The molecule has 0 aromatic heterocycles. The number of sulfone groups is 1. The minimum absolute atomic E-state index is 0.0671. The van der Waals surface area contributed by atoms with Gasteiger partial charge in [-0.25, -0.2) is 18.0 Å². The summed E-state index contributed by atoms with van der Waals surface area (Å²) in [6.07, 6.45) is -9.74. The normalized spacial score (nSPS) is 13.0. The predicted octanol–water partition coefficient (Wildman–Crippen LogP) is 6.99. The summed E-state index contributed by atoms with van der Waals surface area (Å²) in [5.74, 6) is -2.60. The molecule has 3 rings (SSSR count). The highest BCUT2D eigenvalue weighted by atomic mass is 32.2. The van der Waals surface area contributed by atoms with Gasteiger partial charge in [-0.15, -0.1) is 0 Å². The zero-order chi connectivity index (χ0) is 41.1. The Bertz CT molecular complexity index is 1900. The van der Waals surface area contributed by atoms with Crippen LogP contribution in [0.2, 0.25) is 0 Å². The lowest BCUT2D eigenvalue weighted by Gasteiger charge is -2.30. The summed E-state index contributed by atoms with van der Waals surface area (Å²) < 4.78 is 95.6. The molecule has 3 N–H and O–H groups in total. The summed E-state index contributed by atoms with van der Waals surface area (Å²) in [7, 11) is -3.88. The van der Waals surface area contributed by atoms with Gasteiger partial charge in [0.05, 0.1) is 23.4 Å². The third-order valence-corrected chi connectivity index (χ3v) is 9.14. The van der Waals surface area contributed by atoms with Gasteiger partial charge in [0, 0.05) is 31.3 Å². The summed E-state index contributed by atoms with van der Waals surface area (Å²) >= 11 is 0. The van der Waals surface area contributed by atoms with Gasteiger partial charge < -0.3 is 34.3 Å². The second-order valence-electron chi connectivity index (χ2n) is 13.5. The van der Waals surface area contributed by atoms with Crippen LogP contribution in [0.25, 0.3) is 0 Å². The average molecular weight is 796 g/mol. The lowest BCUT2D eigenvalue weighted by molar-refractivity contribution is -0.210. The highest BCUT2D eigenvalue weighted by molar-refractivity contribution is 7.91. The van der Waals surface area contributed by atoms with Crippen molar-refractivity contribution in [3.05, 3.63) is 77.4 Å². The van der Waals surface area contributed by atoms with E-state index in [1.165, 1.54) is 62.4 Å². The molecule has 0 saturated heterocycles. The number of amides is 2. The number of benzene rings is 3. The maximum atomic E-state index is 13.8. The van der Waals surface area contributed by atoms with Crippen LogP contribution >= 0.6 is 0 Å². The molecule has 2 atom stereocenters. The van der Waals surface area contributed by atoms with Crippen LogP contribution in [0, 0.1) is 0 Å². The van der Waals surface area contributed by atoms with Crippen molar-refractivity contribution in [1.29, 1.82) is 0 Å². The number of ether oxygens (including phenoxy) is 5. The van der Waals surface area contributed by atoms with Crippen LogP contribution in [0.15, 0.2) is 65.6 Å². The first kappa shape index (κ1) is 44.4. The Morgan fingerprint density at radius 3 is 2.09 bits per heavy atom. The first-order valence-electron chi connectivity index (χ1n) is 17.4. The molecule has 3 aromatic rings. The maximum Gasteiger partial charge on any atom is 0.490 e. The van der Waals surface area contributed by atoms with E-state index in [4.69, 9.17) is 23.7 Å². The number of anilines is 1. The van der Waals surface area contributed by atoms with Crippen LogP contribution < -0.4 is 30.2 Å². The van der Waals surface area contributed by atoms with E-state index in [9.17, 15) is 36.0 Å². The number of hydrogen-bond donors (Lipinski definition) is 3. The van der Waals surface area contributed by atoms with E-state index in [-0.39, 0.29) is 58.2 Å². The molecule has 3 aromatic carbocycles. The van der Waals surface area contributed by atoms with Crippen LogP contribution in [-0.4, -0.2) is 62.9 Å². The van der Waals surface area contributed by atoms with Crippen LogP contribution in [0.5, 0.6) is 17.2 Å². The molecule has 55 heavy (non-hydrogen) atoms. The van der Waals surface area contributed by atoms with E-state index in [0.717, 1.165) is 0 Å². The highest BCUT2D eigenvalue weighted by Gasteiger charge is 2.44. The van der Waals surface area contributed by atoms with Gasteiger partial charge in [0.2, 0.25) is 5.91 Å². The molecule has 0 aliphatic heterocycles. The quantitative estimate of drug-likeness (QED) is 0.0952. The Morgan fingerprint density at radius 1 is 0.855 bits per heavy atom. The van der Waals surface area contributed by atoms with E-state index < -0.39 is 58.5 Å². The highest BCUT2D eigenvalue weighted by Crippen LogP contribution is 2.36. The standard InChI is InChI=1S/C38H48F3N3O10S/c1-9-50-31-20-26(13-17-30(31)51-23(3)4)33(52-29-15-11-25(12-16-29)21-43-36(47)54-37(6,7)8)34(53-35(46)38(39,40)41)42-22-27-19-28(44-24(5)45)14-18-32(27)55(48,49)10-2/h11-20,23,33-34,42H,9-10,21-22H2,1-8H3,(H,43,47)(H,44,45). The molecular weight excluding hydrogens is 747 g/mol. The fraction of sp³-hybridized carbons (Fsp3) is 0.447. The molecule has 0 aliphatic carbocycles. The minimum Gasteiger partial charge on any atom is -0.490 e. The lowest BCUT2D eigenvalue weighted by Crippen LogP contribution is -2.44. The third-order valence-electron chi connectivity index (χ3n) is 7.31. The van der Waals surface area contributed by atoms with E-state index in [1.54, 1.807) is 53.7 Å². The Labute approximate surface area is 319 Å². The van der Waals surface area contributed by atoms with Crippen LogP contribution in [0.1, 0.15) is 78.2 Å². The molecule has 0 radical (unpaired) electrons. The van der Waals surface area contributed by atoms with E-state index in [0.29, 0.717) is 11.3 Å². The van der Waals surface area contributed by atoms with Gasteiger partial charge in [-0.2, -0.15) is 13.2 Å². The molecule has 17 heteroatoms. The van der Waals surface area contributed by atoms with Crippen molar-refractivity contribution in [2.75, 3.05) is 17.7 Å². The van der Waals surface area contributed by atoms with Gasteiger partial charge in [-0.3, -0.25) is 10.1 Å². The lowest BCUT2D eigenvalue weighted by atomic mass is 10.1. The molecular formula is C38H48F3N3O10S. The maximum absolute atomic E-state index is 13.8. The number of carbonyl (C=O) groups is 3. The number of alkyl halides is 3. The smallest absolute Gasteiger partial charge is 0.490 e. The van der Waals surface area contributed by atoms with Gasteiger partial charge in [-0.05, 0) is 95.1 Å². The predicted molar refractivity (Wildman–Crippen MR) is 198 cm³/mol. The molecule has 0 fully saturated rings. The van der Waals surface area contributed by atoms with Crippen molar-refractivity contribution in [3.8, 4) is 17.2 Å². The van der Waals surface area contributed by atoms with E-state index >= 15 is 0 Å². The molecule has 0 spiro atoms. The fourth-order valence-electron chi connectivity index (χ4n) is 5.01. The zero-order valence-electron chi connectivity index (χ0n) is 32.0. The van der Waals surface area contributed by atoms with Crippen molar-refractivity contribution in [3.63, 3.8) is 0 Å². The van der Waals surface area contributed by atoms with E-state index in [2.05, 4.69) is 16.0 Å². The fourth-order valence-corrected chi connectivity index (χ4v) is 6.12. The van der Waals surface area contributed by atoms with Gasteiger partial charge in [-0.1, -0.05) is 25.1 Å². The molecule has 302 valence electrons. The summed E-state index contributed by atoms with van der Waals surface area (Å²) in [4.78, 5) is 36.2. The number of carbonyl (C=O) groups excluding carboxylic acids is 3. The second-order valence-corrected chi connectivity index (χ2v) is 15.7. The second kappa shape index (κ2) is 19.0. The van der Waals surface area contributed by atoms with Gasteiger partial charge in [0.15, 0.2) is 33.7 Å². The SMILES string of the molecule is CCOc1cc(C(Oc2ccc(CNC(=O)OC(C)(C)C)cc2)C(NCc2cc(NC(C)=O)ccc2S(=O)(=O)CC)OC(=O)C(F)(F)F)ccc1OC(C)C. The zero-order valence-corrected chi connectivity index (χ0v) is 32.8. The number of halogens is 3. The minimum atomic E-state index is -5.42. The Morgan fingerprint density at radius 2 is 1.53 bits per heavy atom. The molecule has 0 saturated carbocycles. The molecule has 2 amide bonds. The molecule has 0 heterocycles. The number of nitrogens with one attached hydrogen (secondary N) is 3. The Hall–Kier alpha value is -5.03. The first-order valence-corrected chi connectivity index (χ1v) is 19.1. The first-order chi connectivity index (χ1) is 25.6. The van der Waals surface area contributed by atoms with Crippen molar-refractivity contribution in [2.24, 2.45) is 0 Å². The monoisotopic (exact) mass is 795 g/mol. The molecule has 0 bridgehead atoms. The van der Waals surface area contributed by atoms with E-state index in [1.807, 2.05) is 0 Å². The van der Waals surface area contributed by atoms with Crippen molar-refractivity contribution in [2.45, 2.75) is 104 Å². The summed E-state index contributed by atoms with van der Waals surface area (Å²) in [5.41, 5.74) is 0.399. The van der Waals surface area contributed by atoms with Gasteiger partial charge >= 0.3 is 18.2 Å². The van der Waals surface area contributed by atoms with Crippen molar-refractivity contribution >= 4 is 33.5 Å². The Balaban J connectivity index is 2.13. The summed E-state index contributed by atoms with van der Waals surface area (Å²) in [6, 6.07) is 14.7. The van der Waals surface area contributed by atoms with Crippen LogP contribution in [0.3, 0.4) is 0 Å². The van der Waals surface area contributed by atoms with Crippen LogP contribution in [-0.2, 0) is 42.0 Å². The number of hydrogen-bond acceptors (Lipinski definition) is 11. The molecule has 0 aliphatic rings. The van der Waals surface area contributed by atoms with Gasteiger partial charge in [0.1, 0.15) is 11.4 Å². The van der Waals surface area contributed by atoms with Crippen LogP contribution in [0.4, 0.5) is 23.7 Å². The largest absolute Gasteiger partial charge is 0.490 e. The molecule has 2 unspecified atom stereocenters. The molecule has 13 nitrogen and oxygen atoms in total. The topological polar surface area (TPSA) is 168 Å². The van der Waals surface area contributed by atoms with Crippen molar-refractivity contribution in [1.82, 2.24) is 10.6 Å². The number of esters is 1. The summed E-state index contributed by atoms with van der Waals surface area (Å²) in [6.45, 7) is 13.0. The number of rotatable bonds is 17. The summed E-state index contributed by atoms with van der Waals surface area (Å²) in [5, 5.41) is 7.94. The Kier molecular flexibility index (Phi) is 15.3. The third kappa shape index (κ3) is 14.0. The average Bonchev–Trinajstić information content (AvgIpc) is 3.08. The van der Waals surface area contributed by atoms with Crippen molar-refractivity contribution < 1.29 is 59.7 Å². The van der Waals surface area contributed by atoms with Gasteiger partial charge in [0.25, 0.3) is 0 Å².